The number of hydrogen-bond donors (Lipinski definition) is 2. The van der Waals surface area contributed by atoms with Gasteiger partial charge in [0.15, 0.2) is 0 Å². The van der Waals surface area contributed by atoms with Crippen molar-refractivity contribution in [3.8, 4) is 0 Å². The number of morpholine rings is 1. The minimum absolute atomic E-state index is 0.0572. The van der Waals surface area contributed by atoms with E-state index in [9.17, 15) is 4.79 Å². The highest BCUT2D eigenvalue weighted by atomic mass is 32.1. The summed E-state index contributed by atoms with van der Waals surface area (Å²) >= 11 is 1.65. The van der Waals surface area contributed by atoms with E-state index in [1.807, 2.05) is 0 Å². The number of nitrogens with one attached hydrogen (secondary N) is 2. The van der Waals surface area contributed by atoms with Crippen LogP contribution in [0.1, 0.15) is 26.5 Å². The average molecular weight is 266 g/mol. The molecule has 1 fully saturated rings. The third-order valence-electron chi connectivity index (χ3n) is 3.48. The largest absolute Gasteiger partial charge is 0.378 e. The zero-order chi connectivity index (χ0) is 12.4. The first-order valence-electron chi connectivity index (χ1n) is 6.54. The molecular weight excluding hydrogens is 248 g/mol. The van der Waals surface area contributed by atoms with E-state index in [-0.39, 0.29) is 11.9 Å². The molecule has 98 valence electrons. The first-order chi connectivity index (χ1) is 8.83. The van der Waals surface area contributed by atoms with Gasteiger partial charge in [0.25, 0.3) is 5.91 Å². The molecule has 5 heteroatoms. The molecule has 0 saturated carbocycles. The lowest BCUT2D eigenvalue weighted by molar-refractivity contribution is 0.0735. The third kappa shape index (κ3) is 2.58. The second kappa shape index (κ2) is 5.38. The molecule has 2 aliphatic rings. The molecule has 1 atom stereocenters. The van der Waals surface area contributed by atoms with E-state index in [2.05, 4.69) is 16.7 Å². The molecule has 1 aromatic rings. The lowest BCUT2D eigenvalue weighted by atomic mass is 10.2. The summed E-state index contributed by atoms with van der Waals surface area (Å²) in [5, 5.41) is 6.31. The zero-order valence-corrected chi connectivity index (χ0v) is 11.1. The van der Waals surface area contributed by atoms with Crippen LogP contribution in [0.5, 0.6) is 0 Å². The van der Waals surface area contributed by atoms with E-state index in [0.29, 0.717) is 13.2 Å². The van der Waals surface area contributed by atoms with Gasteiger partial charge in [0.1, 0.15) is 0 Å². The minimum atomic E-state index is 0.0572. The van der Waals surface area contributed by atoms with Crippen molar-refractivity contribution in [3.05, 3.63) is 21.4 Å². The molecule has 0 radical (unpaired) electrons. The predicted octanol–water partition coefficient (Wildman–Crippen LogP) is 0.955. The van der Waals surface area contributed by atoms with Crippen LogP contribution in [0.3, 0.4) is 0 Å². The van der Waals surface area contributed by atoms with Crippen LogP contribution in [0.4, 0.5) is 0 Å². The van der Waals surface area contributed by atoms with Gasteiger partial charge in [0, 0.05) is 24.0 Å². The Morgan fingerprint density at radius 3 is 3.28 bits per heavy atom. The van der Waals surface area contributed by atoms with Gasteiger partial charge in [-0.3, -0.25) is 4.79 Å². The van der Waals surface area contributed by atoms with Crippen LogP contribution in [0.2, 0.25) is 0 Å². The summed E-state index contributed by atoms with van der Waals surface area (Å²) < 4.78 is 5.36. The predicted molar refractivity (Wildman–Crippen MR) is 71.3 cm³/mol. The van der Waals surface area contributed by atoms with E-state index >= 15 is 0 Å². The Hall–Kier alpha value is -0.910. The van der Waals surface area contributed by atoms with Gasteiger partial charge in [0.2, 0.25) is 0 Å². The molecule has 3 rings (SSSR count). The Morgan fingerprint density at radius 2 is 2.50 bits per heavy atom. The summed E-state index contributed by atoms with van der Waals surface area (Å²) in [4.78, 5) is 14.3. The fourth-order valence-corrected chi connectivity index (χ4v) is 3.66. The van der Waals surface area contributed by atoms with Crippen LogP contribution < -0.4 is 10.6 Å². The number of amides is 1. The summed E-state index contributed by atoms with van der Waals surface area (Å²) in [6.45, 7) is 2.96. The van der Waals surface area contributed by atoms with Crippen molar-refractivity contribution < 1.29 is 9.53 Å². The van der Waals surface area contributed by atoms with Gasteiger partial charge in [-0.25, -0.2) is 0 Å². The molecule has 1 aliphatic heterocycles. The van der Waals surface area contributed by atoms with Gasteiger partial charge in [-0.1, -0.05) is 0 Å². The number of carbonyl (C=O) groups is 1. The van der Waals surface area contributed by atoms with Crippen molar-refractivity contribution in [2.75, 3.05) is 26.3 Å². The van der Waals surface area contributed by atoms with Crippen LogP contribution >= 0.6 is 11.3 Å². The first-order valence-corrected chi connectivity index (χ1v) is 7.35. The van der Waals surface area contributed by atoms with Gasteiger partial charge < -0.3 is 15.4 Å². The standard InChI is InChI=1S/C13H18N2O2S/c16-13(15-7-10-8-17-5-4-14-10)12-6-9-2-1-3-11(9)18-12/h6,10,14H,1-5,7-8H2,(H,15,16). The Morgan fingerprint density at radius 1 is 1.56 bits per heavy atom. The topological polar surface area (TPSA) is 50.4 Å². The summed E-state index contributed by atoms with van der Waals surface area (Å²) in [7, 11) is 0. The summed E-state index contributed by atoms with van der Waals surface area (Å²) in [6, 6.07) is 2.31. The molecule has 18 heavy (non-hydrogen) atoms. The number of carbonyl (C=O) groups excluding carboxylic acids is 1. The highest BCUT2D eigenvalue weighted by Gasteiger charge is 2.19. The fraction of sp³-hybridized carbons (Fsp3) is 0.615. The fourth-order valence-electron chi connectivity index (χ4n) is 2.49. The summed E-state index contributed by atoms with van der Waals surface area (Å²) in [5.41, 5.74) is 1.38. The Balaban J connectivity index is 1.54. The molecule has 0 bridgehead atoms. The Bertz CT molecular complexity index is 417. The molecule has 2 N–H and O–H groups in total. The van der Waals surface area contributed by atoms with Gasteiger partial charge in [-0.05, 0) is 30.9 Å². The quantitative estimate of drug-likeness (QED) is 0.856. The van der Waals surface area contributed by atoms with E-state index in [1.165, 1.54) is 16.9 Å². The van der Waals surface area contributed by atoms with Crippen molar-refractivity contribution in [3.63, 3.8) is 0 Å². The van der Waals surface area contributed by atoms with Crippen LogP contribution in [-0.4, -0.2) is 38.3 Å². The van der Waals surface area contributed by atoms with Crippen molar-refractivity contribution >= 4 is 17.2 Å². The second-order valence-electron chi connectivity index (χ2n) is 4.85. The Labute approximate surface area is 111 Å². The number of aryl methyl sites for hydroxylation is 2. The highest BCUT2D eigenvalue weighted by molar-refractivity contribution is 7.14. The first kappa shape index (κ1) is 12.1. The zero-order valence-electron chi connectivity index (χ0n) is 10.3. The molecule has 1 unspecified atom stereocenters. The highest BCUT2D eigenvalue weighted by Crippen LogP contribution is 2.30. The lowest BCUT2D eigenvalue weighted by Gasteiger charge is -2.23. The Kier molecular flexibility index (Phi) is 3.63. The van der Waals surface area contributed by atoms with Gasteiger partial charge in [-0.15, -0.1) is 11.3 Å². The SMILES string of the molecule is O=C(NCC1COCCN1)c1cc2c(s1)CCC2. The maximum Gasteiger partial charge on any atom is 0.261 e. The molecule has 1 amide bonds. The van der Waals surface area contributed by atoms with E-state index in [1.54, 1.807) is 11.3 Å². The lowest BCUT2D eigenvalue weighted by Crippen LogP contribution is -2.48. The van der Waals surface area contributed by atoms with Crippen molar-refractivity contribution in [2.45, 2.75) is 25.3 Å². The van der Waals surface area contributed by atoms with Crippen LogP contribution in [0.15, 0.2) is 6.07 Å². The molecule has 0 aromatic carbocycles. The maximum absolute atomic E-state index is 12.0. The third-order valence-corrected chi connectivity index (χ3v) is 4.71. The van der Waals surface area contributed by atoms with E-state index in [4.69, 9.17) is 4.74 Å². The van der Waals surface area contributed by atoms with Crippen molar-refractivity contribution in [1.29, 1.82) is 0 Å². The normalized spacial score (nSPS) is 22.8. The minimum Gasteiger partial charge on any atom is -0.378 e. The van der Waals surface area contributed by atoms with Crippen LogP contribution in [-0.2, 0) is 17.6 Å². The number of ether oxygens (including phenoxy) is 1. The smallest absolute Gasteiger partial charge is 0.261 e. The molecule has 1 saturated heterocycles. The van der Waals surface area contributed by atoms with E-state index < -0.39 is 0 Å². The average Bonchev–Trinajstić information content (AvgIpc) is 2.98. The van der Waals surface area contributed by atoms with Crippen molar-refractivity contribution in [1.82, 2.24) is 10.6 Å². The van der Waals surface area contributed by atoms with Gasteiger partial charge in [-0.2, -0.15) is 0 Å². The summed E-state index contributed by atoms with van der Waals surface area (Å²) in [6.07, 6.45) is 3.52. The molecule has 1 aromatic heterocycles. The molecule has 4 nitrogen and oxygen atoms in total. The molecule has 1 aliphatic carbocycles. The van der Waals surface area contributed by atoms with Crippen LogP contribution in [0, 0.1) is 0 Å². The number of rotatable bonds is 3. The van der Waals surface area contributed by atoms with Gasteiger partial charge in [0.05, 0.1) is 18.1 Å². The second-order valence-corrected chi connectivity index (χ2v) is 5.99. The molecule has 0 spiro atoms. The van der Waals surface area contributed by atoms with Crippen LogP contribution in [0.25, 0.3) is 0 Å². The van der Waals surface area contributed by atoms with E-state index in [0.717, 1.165) is 30.9 Å². The van der Waals surface area contributed by atoms with Crippen molar-refractivity contribution in [2.24, 2.45) is 0 Å². The maximum atomic E-state index is 12.0. The molecule has 2 heterocycles. The number of fused-ring (bicyclic) bond motifs is 1. The monoisotopic (exact) mass is 266 g/mol. The van der Waals surface area contributed by atoms with Gasteiger partial charge >= 0.3 is 0 Å². The molecular formula is C13H18N2O2S. The number of hydrogen-bond acceptors (Lipinski definition) is 4. The summed E-state index contributed by atoms with van der Waals surface area (Å²) in [5.74, 6) is 0.0572. The number of thiophene rings is 1.